The zero-order valence-corrected chi connectivity index (χ0v) is 13.7. The largest absolute Gasteiger partial charge is 0.370 e. The lowest BCUT2D eigenvalue weighted by Gasteiger charge is -2.27. The van der Waals surface area contributed by atoms with Crippen LogP contribution in [0.15, 0.2) is 29.3 Å². The topological polar surface area (TPSA) is 44.9 Å². The molecule has 0 spiro atoms. The van der Waals surface area contributed by atoms with E-state index in [1.165, 1.54) is 56.3 Å². The van der Waals surface area contributed by atoms with Crippen molar-refractivity contribution in [1.29, 1.82) is 0 Å². The Hall–Kier alpha value is -1.55. The minimum absolute atomic E-state index is 0.618. The number of aliphatic imine (C=N–C) groups is 1. The monoisotopic (exact) mass is 300 g/mol. The van der Waals surface area contributed by atoms with Crippen molar-refractivity contribution in [2.75, 3.05) is 20.1 Å². The number of piperidine rings is 1. The molecule has 1 heterocycles. The second kappa shape index (κ2) is 7.14. The smallest absolute Gasteiger partial charge is 0.191 e. The van der Waals surface area contributed by atoms with Crippen LogP contribution in [0.2, 0.25) is 0 Å². The summed E-state index contributed by atoms with van der Waals surface area (Å²) in [6.07, 6.45) is 6.54. The van der Waals surface area contributed by atoms with E-state index in [2.05, 4.69) is 46.1 Å². The summed E-state index contributed by atoms with van der Waals surface area (Å²) in [7, 11) is 2.05. The molecule has 120 valence electrons. The number of likely N-dealkylation sites (tertiary alicyclic amines) is 1. The minimum Gasteiger partial charge on any atom is -0.370 e. The second-order valence-electron chi connectivity index (χ2n) is 6.62. The molecule has 0 atom stereocenters. The molecule has 2 aliphatic rings. The Balaban J connectivity index is 1.63. The Bertz CT molecular complexity index is 516. The molecule has 4 nitrogen and oxygen atoms in total. The van der Waals surface area contributed by atoms with E-state index in [1.807, 2.05) is 0 Å². The molecule has 0 radical (unpaired) electrons. The number of nitrogens with zero attached hydrogens (tertiary/aromatic N) is 3. The number of hydrogen-bond acceptors (Lipinski definition) is 2. The van der Waals surface area contributed by atoms with E-state index < -0.39 is 0 Å². The highest BCUT2D eigenvalue weighted by atomic mass is 15.3. The molecule has 0 bridgehead atoms. The Kier molecular flexibility index (Phi) is 4.98. The average molecular weight is 300 g/mol. The first-order valence-electron chi connectivity index (χ1n) is 8.56. The van der Waals surface area contributed by atoms with Crippen LogP contribution >= 0.6 is 0 Å². The maximum absolute atomic E-state index is 6.11. The molecule has 0 amide bonds. The quantitative estimate of drug-likeness (QED) is 0.671. The van der Waals surface area contributed by atoms with Gasteiger partial charge in [-0.05, 0) is 49.9 Å². The molecular weight excluding hydrogens is 272 g/mol. The Morgan fingerprint density at radius 1 is 1.18 bits per heavy atom. The second-order valence-corrected chi connectivity index (χ2v) is 6.62. The molecule has 1 aliphatic carbocycles. The van der Waals surface area contributed by atoms with Crippen LogP contribution in [0.25, 0.3) is 0 Å². The fourth-order valence-electron chi connectivity index (χ4n) is 3.15. The van der Waals surface area contributed by atoms with E-state index in [-0.39, 0.29) is 0 Å². The van der Waals surface area contributed by atoms with Crippen LogP contribution in [0.1, 0.15) is 43.2 Å². The molecule has 1 aromatic rings. The molecular formula is C18H28N4. The third-order valence-electron chi connectivity index (χ3n) is 4.83. The van der Waals surface area contributed by atoms with Gasteiger partial charge in [0.2, 0.25) is 0 Å². The van der Waals surface area contributed by atoms with Crippen molar-refractivity contribution in [1.82, 2.24) is 9.80 Å². The lowest BCUT2D eigenvalue weighted by molar-refractivity contribution is 0.220. The zero-order valence-electron chi connectivity index (χ0n) is 13.7. The van der Waals surface area contributed by atoms with Crippen molar-refractivity contribution in [3.8, 4) is 0 Å². The van der Waals surface area contributed by atoms with Gasteiger partial charge < -0.3 is 10.6 Å². The summed E-state index contributed by atoms with van der Waals surface area (Å²) < 4.78 is 0. The molecule has 2 N–H and O–H groups in total. The first-order chi connectivity index (χ1) is 10.7. The number of hydrogen-bond donors (Lipinski definition) is 1. The molecule has 1 saturated heterocycles. The lowest BCUT2D eigenvalue weighted by Crippen LogP contribution is -2.35. The molecule has 2 fully saturated rings. The van der Waals surface area contributed by atoms with Gasteiger partial charge in [0.1, 0.15) is 0 Å². The van der Waals surface area contributed by atoms with Gasteiger partial charge in [-0.25, -0.2) is 4.99 Å². The third-order valence-corrected chi connectivity index (χ3v) is 4.83. The van der Waals surface area contributed by atoms with Gasteiger partial charge in [-0.1, -0.05) is 30.7 Å². The van der Waals surface area contributed by atoms with E-state index in [9.17, 15) is 0 Å². The lowest BCUT2D eigenvalue weighted by atomic mass is 10.1. The van der Waals surface area contributed by atoms with Gasteiger partial charge in [0, 0.05) is 19.6 Å². The van der Waals surface area contributed by atoms with E-state index in [0.29, 0.717) is 18.5 Å². The summed E-state index contributed by atoms with van der Waals surface area (Å²) in [4.78, 5) is 9.29. The SMILES string of the molecule is CN(C(N)=NCc1ccccc1CN1CCCCC1)C1CC1. The van der Waals surface area contributed by atoms with Crippen LogP contribution in [-0.2, 0) is 13.1 Å². The Morgan fingerprint density at radius 3 is 2.55 bits per heavy atom. The standard InChI is InChI=1S/C18H28N4/c1-21(17-9-10-17)18(19)20-13-15-7-3-4-8-16(15)14-22-11-5-2-6-12-22/h3-4,7-8,17H,2,5-6,9-14H2,1H3,(H2,19,20). The van der Waals surface area contributed by atoms with Crippen molar-refractivity contribution in [2.24, 2.45) is 10.7 Å². The van der Waals surface area contributed by atoms with Crippen LogP contribution in [-0.4, -0.2) is 41.9 Å². The summed E-state index contributed by atoms with van der Waals surface area (Å²) >= 11 is 0. The van der Waals surface area contributed by atoms with Gasteiger partial charge >= 0.3 is 0 Å². The highest BCUT2D eigenvalue weighted by Crippen LogP contribution is 2.25. The van der Waals surface area contributed by atoms with E-state index in [1.54, 1.807) is 0 Å². The number of nitrogens with two attached hydrogens (primary N) is 1. The highest BCUT2D eigenvalue weighted by Gasteiger charge is 2.27. The molecule has 0 unspecified atom stereocenters. The Morgan fingerprint density at radius 2 is 1.86 bits per heavy atom. The van der Waals surface area contributed by atoms with Gasteiger partial charge in [0.05, 0.1) is 6.54 Å². The van der Waals surface area contributed by atoms with Crippen LogP contribution < -0.4 is 5.73 Å². The fourth-order valence-corrected chi connectivity index (χ4v) is 3.15. The summed E-state index contributed by atoms with van der Waals surface area (Å²) in [5.41, 5.74) is 8.81. The van der Waals surface area contributed by atoms with Gasteiger partial charge in [-0.2, -0.15) is 0 Å². The normalized spacial score (nSPS) is 20.1. The summed E-state index contributed by atoms with van der Waals surface area (Å²) in [5.74, 6) is 0.676. The van der Waals surface area contributed by atoms with Crippen LogP contribution in [0, 0.1) is 0 Å². The zero-order chi connectivity index (χ0) is 15.4. The van der Waals surface area contributed by atoms with Crippen molar-refractivity contribution in [3.63, 3.8) is 0 Å². The predicted octanol–water partition coefficient (Wildman–Crippen LogP) is 2.58. The van der Waals surface area contributed by atoms with E-state index >= 15 is 0 Å². The Labute approximate surface area is 134 Å². The number of benzene rings is 1. The van der Waals surface area contributed by atoms with Crippen molar-refractivity contribution >= 4 is 5.96 Å². The van der Waals surface area contributed by atoms with Gasteiger partial charge in [0.25, 0.3) is 0 Å². The van der Waals surface area contributed by atoms with Gasteiger partial charge in [-0.15, -0.1) is 0 Å². The average Bonchev–Trinajstić information content (AvgIpc) is 3.39. The van der Waals surface area contributed by atoms with Crippen LogP contribution in [0.5, 0.6) is 0 Å². The molecule has 22 heavy (non-hydrogen) atoms. The van der Waals surface area contributed by atoms with Crippen molar-refractivity contribution < 1.29 is 0 Å². The van der Waals surface area contributed by atoms with Crippen LogP contribution in [0.4, 0.5) is 0 Å². The van der Waals surface area contributed by atoms with Gasteiger partial charge in [0.15, 0.2) is 5.96 Å². The predicted molar refractivity (Wildman–Crippen MR) is 91.7 cm³/mol. The fraction of sp³-hybridized carbons (Fsp3) is 0.611. The molecule has 1 aromatic carbocycles. The summed E-state index contributed by atoms with van der Waals surface area (Å²) in [6, 6.07) is 9.28. The minimum atomic E-state index is 0.618. The van der Waals surface area contributed by atoms with Crippen LogP contribution in [0.3, 0.4) is 0 Å². The van der Waals surface area contributed by atoms with Crippen molar-refractivity contribution in [3.05, 3.63) is 35.4 Å². The molecule has 3 rings (SSSR count). The summed E-state index contributed by atoms with van der Waals surface area (Å²) in [5, 5.41) is 0. The maximum atomic E-state index is 6.11. The molecule has 4 heteroatoms. The molecule has 0 aromatic heterocycles. The molecule has 1 saturated carbocycles. The summed E-state index contributed by atoms with van der Waals surface area (Å²) in [6.45, 7) is 4.19. The third kappa shape index (κ3) is 4.01. The highest BCUT2D eigenvalue weighted by molar-refractivity contribution is 5.78. The van der Waals surface area contributed by atoms with E-state index in [0.717, 1.165) is 6.54 Å². The van der Waals surface area contributed by atoms with Crippen molar-refractivity contribution in [2.45, 2.75) is 51.2 Å². The van der Waals surface area contributed by atoms with Gasteiger partial charge in [-0.3, -0.25) is 4.90 Å². The molecule has 1 aliphatic heterocycles. The van der Waals surface area contributed by atoms with E-state index in [4.69, 9.17) is 5.73 Å². The number of rotatable bonds is 5. The number of guanidine groups is 1. The first kappa shape index (κ1) is 15.3. The first-order valence-corrected chi connectivity index (χ1v) is 8.56. The maximum Gasteiger partial charge on any atom is 0.191 e.